The lowest BCUT2D eigenvalue weighted by atomic mass is 9.66. The van der Waals surface area contributed by atoms with E-state index in [0.29, 0.717) is 44.5 Å². The first-order valence-electron chi connectivity index (χ1n) is 23.5. The number of rotatable bonds is 18. The maximum Gasteiger partial charge on any atom is 0.427 e. The molecule has 2 heterocycles. The molecule has 7 rings (SSSR count). The zero-order valence-electron chi connectivity index (χ0n) is 39.7. The number of halogens is 4. The van der Waals surface area contributed by atoms with E-state index < -0.39 is 46.3 Å². The largest absolute Gasteiger partial charge is 0.427 e. The maximum absolute atomic E-state index is 14.7. The van der Waals surface area contributed by atoms with Crippen LogP contribution in [0.4, 0.5) is 20.2 Å². The van der Waals surface area contributed by atoms with Crippen LogP contribution < -0.4 is 14.9 Å². The molecule has 1 aliphatic carbocycles. The third kappa shape index (κ3) is 13.0. The highest BCUT2D eigenvalue weighted by molar-refractivity contribution is 7.99. The Morgan fingerprint density at radius 1 is 0.899 bits per heavy atom. The molecule has 0 radical (unpaired) electrons. The molecule has 2 saturated heterocycles. The number of anilines is 2. The van der Waals surface area contributed by atoms with Crippen LogP contribution in [-0.4, -0.2) is 114 Å². The van der Waals surface area contributed by atoms with Gasteiger partial charge in [-0.25, -0.2) is 21.6 Å². The van der Waals surface area contributed by atoms with Crippen molar-refractivity contribution in [3.63, 3.8) is 0 Å². The molecule has 0 bridgehead atoms. The average Bonchev–Trinajstić information content (AvgIpc) is 3.61. The molecule has 3 aliphatic rings. The summed E-state index contributed by atoms with van der Waals surface area (Å²) in [6.07, 6.45) is 5.43. The van der Waals surface area contributed by atoms with Gasteiger partial charge < -0.3 is 19.9 Å². The molecule has 1 amide bonds. The van der Waals surface area contributed by atoms with Crippen molar-refractivity contribution in [2.24, 2.45) is 5.41 Å². The lowest BCUT2D eigenvalue weighted by Gasteiger charge is -2.51. The molecule has 4 aromatic carbocycles. The first-order valence-corrected chi connectivity index (χ1v) is 28.3. The Bertz CT molecular complexity index is 2660. The van der Waals surface area contributed by atoms with Crippen LogP contribution >= 0.6 is 35.0 Å². The number of sulfone groups is 1. The molecule has 1 unspecified atom stereocenters. The van der Waals surface area contributed by atoms with E-state index in [2.05, 4.69) is 59.8 Å². The third-order valence-electron chi connectivity index (χ3n) is 13.8. The zero-order valence-corrected chi connectivity index (χ0v) is 43.6. The van der Waals surface area contributed by atoms with Gasteiger partial charge in [-0.3, -0.25) is 9.69 Å². The summed E-state index contributed by atoms with van der Waals surface area (Å²) in [4.78, 5) is 19.8. The van der Waals surface area contributed by atoms with Gasteiger partial charge in [0.25, 0.3) is 25.8 Å². The number of allylic oxidation sites excluding steroid dienone is 1. The van der Waals surface area contributed by atoms with Crippen molar-refractivity contribution in [3.05, 3.63) is 119 Å². The first kappa shape index (κ1) is 53.1. The summed E-state index contributed by atoms with van der Waals surface area (Å²) in [5.74, 6) is -0.547. The summed E-state index contributed by atoms with van der Waals surface area (Å²) in [7, 11) is -10.4. The minimum absolute atomic E-state index is 0.0363. The van der Waals surface area contributed by atoms with Crippen molar-refractivity contribution in [2.75, 3.05) is 75.0 Å². The number of hydrogen-bond donors (Lipinski definition) is 2. The third-order valence-corrected chi connectivity index (χ3v) is 18.7. The van der Waals surface area contributed by atoms with Gasteiger partial charge in [-0.05, 0) is 146 Å². The molecule has 2 N–H and O–H groups in total. The van der Waals surface area contributed by atoms with E-state index in [1.165, 1.54) is 40.6 Å². The Balaban J connectivity index is 1.05. The molecule has 11 nitrogen and oxygen atoms in total. The smallest absolute Gasteiger partial charge is 0.380 e. The maximum atomic E-state index is 14.7. The Labute approximate surface area is 421 Å². The molecular weight excluding hydrogens is 984 g/mol. The topological polar surface area (TPSA) is 128 Å². The van der Waals surface area contributed by atoms with Gasteiger partial charge in [0, 0.05) is 90.9 Å². The van der Waals surface area contributed by atoms with E-state index in [4.69, 9.17) is 27.9 Å². The van der Waals surface area contributed by atoms with Crippen molar-refractivity contribution in [3.8, 4) is 0 Å². The molecule has 4 aromatic rings. The summed E-state index contributed by atoms with van der Waals surface area (Å²) in [5, 5.41) is 3.84. The Hall–Kier alpha value is -3.74. The number of thioether (sulfide) groups is 1. The Morgan fingerprint density at radius 3 is 2.26 bits per heavy atom. The quantitative estimate of drug-likeness (QED) is 0.0730. The molecular formula is C51H63Cl2F2N5O6S3. The van der Waals surface area contributed by atoms with E-state index in [-0.39, 0.29) is 22.2 Å². The summed E-state index contributed by atoms with van der Waals surface area (Å²) in [6.45, 7) is 15.8. The van der Waals surface area contributed by atoms with Crippen LogP contribution in [0.2, 0.25) is 5.02 Å². The normalized spacial score (nSPS) is 19.1. The highest BCUT2D eigenvalue weighted by atomic mass is 35.5. The Morgan fingerprint density at radius 2 is 1.59 bits per heavy atom. The Kier molecular flexibility index (Phi) is 17.2. The van der Waals surface area contributed by atoms with Gasteiger partial charge in [0.2, 0.25) is 0 Å². The number of hydrogen-bond acceptors (Lipinski definition) is 11. The van der Waals surface area contributed by atoms with E-state index in [1.54, 1.807) is 12.1 Å². The highest BCUT2D eigenvalue weighted by Gasteiger charge is 2.46. The van der Waals surface area contributed by atoms with Gasteiger partial charge >= 0.3 is 4.71 Å². The number of carbonyl (C=O) groups excluding carboxylic acids is 1. The predicted octanol–water partition coefficient (Wildman–Crippen LogP) is 10.7. The minimum Gasteiger partial charge on any atom is -0.380 e. The van der Waals surface area contributed by atoms with Gasteiger partial charge in [0.15, 0.2) is 0 Å². The first-order chi connectivity index (χ1) is 32.7. The van der Waals surface area contributed by atoms with E-state index >= 15 is 0 Å². The van der Waals surface area contributed by atoms with Crippen LogP contribution in [0.15, 0.2) is 117 Å². The molecule has 2 atom stereocenters. The SMILES string of the molecule is CCC(C)(C1=C(c2ccc(Cl)cc2)CCC(C)(C)C1)N1CCN(c2ccc(C(=O)NS(=O)(=O)c3ccc(N[C@H](CCN4CCCOCC4)CSc4ccccc4)c(S(=O)(=O)C(F)(F)Cl)c3)cc2)CC1. The second-order valence-corrected chi connectivity index (χ2v) is 24.9. The van der Waals surface area contributed by atoms with E-state index in [9.17, 15) is 30.4 Å². The second-order valence-electron chi connectivity index (χ2n) is 19.1. The molecule has 2 aliphatic heterocycles. The number of nitrogens with zero attached hydrogens (tertiary/aromatic N) is 3. The number of alkyl halides is 3. The fourth-order valence-electron chi connectivity index (χ4n) is 9.55. The number of amides is 1. The van der Waals surface area contributed by atoms with Gasteiger partial charge in [-0.2, -0.15) is 8.78 Å². The van der Waals surface area contributed by atoms with Crippen molar-refractivity contribution < 1.29 is 35.1 Å². The average molecular weight is 1050 g/mol. The van der Waals surface area contributed by atoms with Crippen LogP contribution in [0.3, 0.4) is 0 Å². The van der Waals surface area contributed by atoms with E-state index in [0.717, 1.165) is 92.6 Å². The van der Waals surface area contributed by atoms with Crippen LogP contribution in [-0.2, 0) is 24.6 Å². The number of sulfonamides is 1. The number of carbonyl (C=O) groups is 1. The summed E-state index contributed by atoms with van der Waals surface area (Å²) in [6, 6.07) is 26.7. The molecule has 0 spiro atoms. The summed E-state index contributed by atoms with van der Waals surface area (Å²) < 4.78 is 86.5. The number of nitrogens with one attached hydrogen (secondary N) is 2. The standard InChI is InChI=1S/C51H63Cl2F2N5O6S3/c1-5-50(4,45-35-49(2,3)24-22-44(45)37-12-16-39(52)17-13-37)60-29-27-59(28-30-60)41-18-14-38(15-19-41)48(61)57-69(64,65)43-20-21-46(47(34-43)68(62,63)51(53,54)55)56-40(36-67-42-10-7-6-8-11-42)23-26-58-25-9-32-66-33-31-58/h6-8,10-21,34,40,56H,5,9,22-33,35-36H2,1-4H3,(H,57,61)/t40-,50?/m1/s1. The lowest BCUT2D eigenvalue weighted by Crippen LogP contribution is -2.57. The van der Waals surface area contributed by atoms with Crippen LogP contribution in [0.5, 0.6) is 0 Å². The van der Waals surface area contributed by atoms with Gasteiger partial charge in [-0.15, -0.1) is 11.8 Å². The van der Waals surface area contributed by atoms with Crippen molar-refractivity contribution in [1.29, 1.82) is 0 Å². The predicted molar refractivity (Wildman–Crippen MR) is 275 cm³/mol. The molecule has 69 heavy (non-hydrogen) atoms. The molecule has 0 saturated carbocycles. The molecule has 2 fully saturated rings. The number of piperazine rings is 1. The van der Waals surface area contributed by atoms with Gasteiger partial charge in [0.1, 0.15) is 0 Å². The minimum atomic E-state index is -5.63. The van der Waals surface area contributed by atoms with Gasteiger partial charge in [0.05, 0.1) is 22.1 Å². The summed E-state index contributed by atoms with van der Waals surface area (Å²) >= 11 is 13.0. The summed E-state index contributed by atoms with van der Waals surface area (Å²) in [5.41, 5.74) is 4.80. The zero-order chi connectivity index (χ0) is 49.6. The fourth-order valence-corrected chi connectivity index (χ4v) is 12.9. The van der Waals surface area contributed by atoms with E-state index in [1.807, 2.05) is 47.2 Å². The second kappa shape index (κ2) is 22.4. The van der Waals surface area contributed by atoms with Crippen LogP contribution in [0.25, 0.3) is 5.57 Å². The van der Waals surface area contributed by atoms with Crippen molar-refractivity contribution >= 4 is 77.7 Å². The lowest BCUT2D eigenvalue weighted by molar-refractivity contribution is 0.0981. The van der Waals surface area contributed by atoms with Crippen LogP contribution in [0.1, 0.15) is 82.1 Å². The van der Waals surface area contributed by atoms with Crippen LogP contribution in [0, 0.1) is 5.41 Å². The van der Waals surface area contributed by atoms with Gasteiger partial charge in [-0.1, -0.05) is 62.7 Å². The highest BCUT2D eigenvalue weighted by Crippen LogP contribution is 2.49. The van der Waals surface area contributed by atoms with Crippen molar-refractivity contribution in [2.45, 2.75) is 97.2 Å². The molecule has 0 aromatic heterocycles. The fraction of sp³-hybridized carbons (Fsp3) is 0.471. The monoisotopic (exact) mass is 1050 g/mol. The molecule has 374 valence electrons. The van der Waals surface area contributed by atoms with Crippen molar-refractivity contribution in [1.82, 2.24) is 14.5 Å². The molecule has 18 heteroatoms. The number of benzene rings is 4. The number of ether oxygens (including phenoxy) is 1.